The van der Waals surface area contributed by atoms with Crippen molar-refractivity contribution in [3.63, 3.8) is 0 Å². The van der Waals surface area contributed by atoms with Crippen LogP contribution in [-0.4, -0.2) is 23.7 Å². The molecular formula is C44H78B2O4S2-2. The van der Waals surface area contributed by atoms with Crippen molar-refractivity contribution in [1.29, 1.82) is 0 Å². The van der Waals surface area contributed by atoms with Gasteiger partial charge < -0.3 is 18.8 Å². The molecule has 2 fully saturated rings. The lowest BCUT2D eigenvalue weighted by Gasteiger charge is -2.36. The van der Waals surface area contributed by atoms with Gasteiger partial charge in [-0.05, 0) is 59.9 Å². The van der Waals surface area contributed by atoms with Crippen LogP contribution in [0.4, 0.5) is 0 Å². The Kier molecular flexibility index (Phi) is 17.4. The van der Waals surface area contributed by atoms with Crippen molar-refractivity contribution >= 4 is 35.4 Å². The summed E-state index contributed by atoms with van der Waals surface area (Å²) in [5.41, 5.74) is 2.25. The minimum Gasteiger partial charge on any atom is -0.562 e. The summed E-state index contributed by atoms with van der Waals surface area (Å²) in [6, 6.07) is 4.94. The quantitative estimate of drug-likeness (QED) is 0.0747. The van der Waals surface area contributed by atoms with Gasteiger partial charge in [-0.1, -0.05) is 157 Å². The summed E-state index contributed by atoms with van der Waals surface area (Å²) in [6.07, 6.45) is 26.5. The van der Waals surface area contributed by atoms with E-state index >= 15 is 0 Å². The maximum absolute atomic E-state index is 6.73. The van der Waals surface area contributed by atoms with Crippen LogP contribution >= 0.6 is 22.7 Å². The molecule has 2 aromatic heterocycles. The highest BCUT2D eigenvalue weighted by Crippen LogP contribution is 2.50. The fourth-order valence-electron chi connectivity index (χ4n) is 7.64. The Bertz CT molecular complexity index is 1200. The number of rotatable bonds is 25. The van der Waals surface area contributed by atoms with Gasteiger partial charge >= 0.3 is 0 Å². The standard InChI is InChI=1S/C44H78B2O4S2/c1-11-13-15-17-19-21-23-25-27-29-31-35-33-37(51-39(35)41-47-43(3,4)45(7,8)49-41)38-34-36(32-30-28-26-24-22-20-18-16-14-12-2)40(52-38)42-48-44(5,6)46(9,10)50-42/h33-34,41-42H,11-32H2,1-10H3/q-2. The lowest BCUT2D eigenvalue weighted by atomic mass is 9.34. The summed E-state index contributed by atoms with van der Waals surface area (Å²) < 4.78 is 26.8. The highest BCUT2D eigenvalue weighted by atomic mass is 32.1. The van der Waals surface area contributed by atoms with E-state index in [0.717, 1.165) is 12.8 Å². The van der Waals surface area contributed by atoms with Crippen molar-refractivity contribution in [2.45, 2.75) is 234 Å². The van der Waals surface area contributed by atoms with E-state index in [0.29, 0.717) is 0 Å². The maximum Gasteiger partial charge on any atom is 0.150 e. The zero-order valence-electron chi connectivity index (χ0n) is 35.5. The topological polar surface area (TPSA) is 36.9 Å². The van der Waals surface area contributed by atoms with Crippen LogP contribution in [0.3, 0.4) is 0 Å². The second-order valence-electron chi connectivity index (χ2n) is 18.7. The molecule has 2 atom stereocenters. The molecule has 298 valence electrons. The van der Waals surface area contributed by atoms with Crippen molar-refractivity contribution in [3.8, 4) is 9.75 Å². The first kappa shape index (κ1) is 44.1. The summed E-state index contributed by atoms with van der Waals surface area (Å²) in [5.74, 6) is 0. The van der Waals surface area contributed by atoms with Crippen LogP contribution in [-0.2, 0) is 31.6 Å². The van der Waals surface area contributed by atoms with Crippen molar-refractivity contribution in [2.24, 2.45) is 0 Å². The van der Waals surface area contributed by atoms with Crippen LogP contribution in [0.1, 0.15) is 203 Å². The van der Waals surface area contributed by atoms with Crippen LogP contribution in [0.15, 0.2) is 12.1 Å². The first-order chi connectivity index (χ1) is 24.7. The van der Waals surface area contributed by atoms with Crippen molar-refractivity contribution in [3.05, 3.63) is 33.0 Å². The Morgan fingerprint density at radius 2 is 0.769 bits per heavy atom. The Labute approximate surface area is 329 Å². The van der Waals surface area contributed by atoms with Gasteiger partial charge in [0.15, 0.2) is 0 Å². The van der Waals surface area contributed by atoms with E-state index in [2.05, 4.69) is 81.0 Å². The van der Waals surface area contributed by atoms with Gasteiger partial charge in [0, 0.05) is 9.75 Å². The largest absolute Gasteiger partial charge is 0.562 e. The third-order valence-corrected chi connectivity index (χ3v) is 15.6. The summed E-state index contributed by atoms with van der Waals surface area (Å²) in [4.78, 5) is 5.22. The van der Waals surface area contributed by atoms with Crippen LogP contribution in [0.25, 0.3) is 9.75 Å². The van der Waals surface area contributed by atoms with Crippen LogP contribution in [0.2, 0.25) is 27.3 Å². The van der Waals surface area contributed by atoms with Gasteiger partial charge in [0.05, 0.1) is 9.75 Å². The fraction of sp³-hybridized carbons (Fsp3) is 0.818. The van der Waals surface area contributed by atoms with Crippen LogP contribution < -0.4 is 0 Å². The van der Waals surface area contributed by atoms with E-state index < -0.39 is 12.7 Å². The number of hydrogen-bond donors (Lipinski definition) is 0. The Morgan fingerprint density at radius 3 is 1.04 bits per heavy atom. The number of ether oxygens (including phenoxy) is 2. The molecule has 4 heterocycles. The van der Waals surface area contributed by atoms with Gasteiger partial charge in [-0.3, -0.25) is 0 Å². The lowest BCUT2D eigenvalue weighted by Crippen LogP contribution is -2.47. The second kappa shape index (κ2) is 20.5. The molecule has 2 unspecified atom stereocenters. The summed E-state index contributed by atoms with van der Waals surface area (Å²) >= 11 is 3.79. The summed E-state index contributed by atoms with van der Waals surface area (Å²) in [6.45, 7) is 22.3. The molecule has 4 rings (SSSR count). The van der Waals surface area contributed by atoms with Gasteiger partial charge in [-0.2, -0.15) is 27.3 Å². The average Bonchev–Trinajstić information content (AvgIpc) is 3.80. The smallest absolute Gasteiger partial charge is 0.150 e. The fourth-order valence-corrected chi connectivity index (χ4v) is 10.1. The first-order valence-corrected chi connectivity index (χ1v) is 23.8. The predicted molar refractivity (Wildman–Crippen MR) is 232 cm³/mol. The number of aryl methyl sites for hydroxylation is 2. The third-order valence-electron chi connectivity index (χ3n) is 13.1. The molecule has 0 aromatic carbocycles. The molecule has 0 bridgehead atoms. The third kappa shape index (κ3) is 12.2. The minimum atomic E-state index is -1.10. The van der Waals surface area contributed by atoms with Crippen molar-refractivity contribution in [2.75, 3.05) is 0 Å². The molecule has 0 amide bonds. The Balaban J connectivity index is 1.47. The predicted octanol–water partition coefficient (Wildman–Crippen LogP) is 15.5. The van der Waals surface area contributed by atoms with Crippen molar-refractivity contribution in [1.82, 2.24) is 0 Å². The normalized spacial score (nSPS) is 21.7. The van der Waals surface area contributed by atoms with Crippen LogP contribution in [0, 0.1) is 0 Å². The van der Waals surface area contributed by atoms with Gasteiger partial charge in [0.25, 0.3) is 0 Å². The molecule has 0 aliphatic carbocycles. The van der Waals surface area contributed by atoms with E-state index in [1.807, 2.05) is 22.7 Å². The Morgan fingerprint density at radius 1 is 0.481 bits per heavy atom. The molecule has 0 saturated carbocycles. The minimum absolute atomic E-state index is 0.292. The monoisotopic (exact) mass is 757 g/mol. The van der Waals surface area contributed by atoms with Gasteiger partial charge in [-0.25, -0.2) is 0 Å². The van der Waals surface area contributed by atoms with E-state index in [-0.39, 0.29) is 23.6 Å². The van der Waals surface area contributed by atoms with E-state index in [1.54, 1.807) is 0 Å². The van der Waals surface area contributed by atoms with Gasteiger partial charge in [0.2, 0.25) is 0 Å². The maximum atomic E-state index is 6.73. The highest BCUT2D eigenvalue weighted by molar-refractivity contribution is 7.22. The molecule has 4 nitrogen and oxygen atoms in total. The Hall–Kier alpha value is -0.630. The zero-order chi connectivity index (χ0) is 37.8. The summed E-state index contributed by atoms with van der Waals surface area (Å²) in [5, 5.41) is 0. The van der Waals surface area contributed by atoms with Crippen molar-refractivity contribution < 1.29 is 18.8 Å². The molecular weight excluding hydrogens is 678 g/mol. The van der Waals surface area contributed by atoms with Gasteiger partial charge in [-0.15, -0.1) is 22.7 Å². The number of hydrogen-bond acceptors (Lipinski definition) is 6. The molecule has 2 aliphatic rings. The second-order valence-corrected chi connectivity index (χ2v) is 20.9. The molecule has 2 saturated heterocycles. The zero-order valence-corrected chi connectivity index (χ0v) is 37.1. The first-order valence-electron chi connectivity index (χ1n) is 22.1. The van der Waals surface area contributed by atoms with Crippen LogP contribution in [0.5, 0.6) is 0 Å². The molecule has 2 aliphatic heterocycles. The molecule has 8 heteroatoms. The van der Waals surface area contributed by atoms with E-state index in [4.69, 9.17) is 18.8 Å². The molecule has 2 aromatic rings. The number of unbranched alkanes of at least 4 members (excludes halogenated alkanes) is 18. The molecule has 52 heavy (non-hydrogen) atoms. The highest BCUT2D eigenvalue weighted by Gasteiger charge is 2.46. The lowest BCUT2D eigenvalue weighted by molar-refractivity contribution is -0.0774. The SMILES string of the molecule is CCCCCCCCCCCCc1cc(-c2cc(CCCCCCCCCCCC)c(C3O[B-](C)(C)C(C)(C)O3)s2)sc1C1O[B-](C)(C)C(C)(C)O1. The molecule has 0 radical (unpaired) electrons. The van der Waals surface area contributed by atoms with E-state index in [1.165, 1.54) is 159 Å². The van der Waals surface area contributed by atoms with E-state index in [9.17, 15) is 0 Å². The average molecular weight is 757 g/mol. The molecule has 0 N–H and O–H groups in total. The number of thiophene rings is 2. The molecule has 0 spiro atoms. The van der Waals surface area contributed by atoms with Gasteiger partial charge in [0.1, 0.15) is 25.3 Å². The summed E-state index contributed by atoms with van der Waals surface area (Å²) in [7, 11) is 0.